The number of carbonyl (C=O) groups is 2. The average molecular weight is 389 g/mol. The molecule has 2 unspecified atom stereocenters. The summed E-state index contributed by atoms with van der Waals surface area (Å²) in [6.07, 6.45) is 0.511. The summed E-state index contributed by atoms with van der Waals surface area (Å²) in [5.74, 6) is -0.244. The van der Waals surface area contributed by atoms with E-state index in [1.165, 1.54) is 14.2 Å². The number of hydrogen-bond acceptors (Lipinski definition) is 4. The van der Waals surface area contributed by atoms with Crippen molar-refractivity contribution in [2.75, 3.05) is 24.9 Å². The standard InChI is InChI=1S/C20H21ClN2O4/c1-11-6-4-5-7-15(11)22-19(24)12-8-13(12)20(25)23-16-10-17(26-2)14(21)9-18(16)27-3/h4-7,9-10,12-13H,8H2,1-3H3,(H,22,24)(H,23,25). The summed E-state index contributed by atoms with van der Waals surface area (Å²) in [4.78, 5) is 25.0. The Bertz CT molecular complexity index is 884. The Kier molecular flexibility index (Phi) is 5.56. The predicted octanol–water partition coefficient (Wildman–Crippen LogP) is 3.88. The summed E-state index contributed by atoms with van der Waals surface area (Å²) in [7, 11) is 2.98. The predicted molar refractivity (Wildman–Crippen MR) is 105 cm³/mol. The van der Waals surface area contributed by atoms with Crippen molar-refractivity contribution in [2.24, 2.45) is 11.8 Å². The van der Waals surface area contributed by atoms with Crippen molar-refractivity contribution in [3.8, 4) is 11.5 Å². The maximum Gasteiger partial charge on any atom is 0.228 e. The molecule has 7 heteroatoms. The van der Waals surface area contributed by atoms with Crippen LogP contribution in [0.5, 0.6) is 11.5 Å². The van der Waals surface area contributed by atoms with Gasteiger partial charge in [-0.2, -0.15) is 0 Å². The molecule has 0 saturated heterocycles. The van der Waals surface area contributed by atoms with Gasteiger partial charge in [-0.05, 0) is 25.0 Å². The smallest absolute Gasteiger partial charge is 0.228 e. The van der Waals surface area contributed by atoms with Gasteiger partial charge in [0.05, 0.1) is 36.8 Å². The van der Waals surface area contributed by atoms with Crippen LogP contribution in [0.4, 0.5) is 11.4 Å². The van der Waals surface area contributed by atoms with E-state index in [1.807, 2.05) is 31.2 Å². The van der Waals surface area contributed by atoms with Crippen molar-refractivity contribution < 1.29 is 19.1 Å². The molecular weight excluding hydrogens is 368 g/mol. The highest BCUT2D eigenvalue weighted by molar-refractivity contribution is 6.32. The normalized spacial score (nSPS) is 17.8. The second kappa shape index (κ2) is 7.88. The largest absolute Gasteiger partial charge is 0.495 e. The number of hydrogen-bond donors (Lipinski definition) is 2. The van der Waals surface area contributed by atoms with E-state index in [4.69, 9.17) is 21.1 Å². The molecule has 1 aliphatic carbocycles. The van der Waals surface area contributed by atoms with Crippen LogP contribution in [0.2, 0.25) is 5.02 Å². The van der Waals surface area contributed by atoms with Crippen molar-refractivity contribution >= 4 is 34.8 Å². The summed E-state index contributed by atoms with van der Waals surface area (Å²) < 4.78 is 10.4. The van der Waals surface area contributed by atoms with E-state index >= 15 is 0 Å². The number of halogens is 1. The highest BCUT2D eigenvalue weighted by Crippen LogP contribution is 2.42. The second-order valence-electron chi connectivity index (χ2n) is 6.43. The van der Waals surface area contributed by atoms with Gasteiger partial charge in [-0.1, -0.05) is 29.8 Å². The molecule has 0 aromatic heterocycles. The molecule has 1 fully saturated rings. The number of nitrogens with one attached hydrogen (secondary N) is 2. The van der Waals surface area contributed by atoms with Crippen LogP contribution in [0.25, 0.3) is 0 Å². The van der Waals surface area contributed by atoms with Crippen molar-refractivity contribution in [2.45, 2.75) is 13.3 Å². The summed E-state index contributed by atoms with van der Waals surface area (Å²) in [6, 6.07) is 10.7. The Morgan fingerprint density at radius 2 is 1.56 bits per heavy atom. The van der Waals surface area contributed by atoms with E-state index in [9.17, 15) is 9.59 Å². The van der Waals surface area contributed by atoms with E-state index in [2.05, 4.69) is 10.6 Å². The molecule has 3 rings (SSSR count). The zero-order valence-electron chi connectivity index (χ0n) is 15.3. The molecule has 0 spiro atoms. The lowest BCUT2D eigenvalue weighted by Gasteiger charge is -2.13. The summed E-state index contributed by atoms with van der Waals surface area (Å²) in [5, 5.41) is 6.07. The van der Waals surface area contributed by atoms with Crippen LogP contribution in [-0.2, 0) is 9.59 Å². The van der Waals surface area contributed by atoms with Crippen molar-refractivity contribution in [3.63, 3.8) is 0 Å². The first-order chi connectivity index (χ1) is 12.9. The highest BCUT2D eigenvalue weighted by atomic mass is 35.5. The Balaban J connectivity index is 1.65. The minimum Gasteiger partial charge on any atom is -0.495 e. The van der Waals surface area contributed by atoms with Crippen molar-refractivity contribution in [3.05, 3.63) is 47.0 Å². The van der Waals surface area contributed by atoms with Gasteiger partial charge in [-0.15, -0.1) is 0 Å². The van der Waals surface area contributed by atoms with E-state index in [1.54, 1.807) is 12.1 Å². The quantitative estimate of drug-likeness (QED) is 0.787. The molecule has 27 heavy (non-hydrogen) atoms. The molecule has 0 heterocycles. The number of carbonyl (C=O) groups excluding carboxylic acids is 2. The molecule has 6 nitrogen and oxygen atoms in total. The van der Waals surface area contributed by atoms with Gasteiger partial charge in [-0.3, -0.25) is 9.59 Å². The Morgan fingerprint density at radius 3 is 2.15 bits per heavy atom. The monoisotopic (exact) mass is 388 g/mol. The third-order valence-corrected chi connectivity index (χ3v) is 4.89. The van der Waals surface area contributed by atoms with Gasteiger partial charge in [-0.25, -0.2) is 0 Å². The first-order valence-electron chi connectivity index (χ1n) is 8.53. The molecule has 2 N–H and O–H groups in total. The van der Waals surface area contributed by atoms with Gasteiger partial charge in [0, 0.05) is 17.8 Å². The molecule has 2 aromatic carbocycles. The molecule has 2 aromatic rings. The summed E-state index contributed by atoms with van der Waals surface area (Å²) >= 11 is 6.08. The van der Waals surface area contributed by atoms with Crippen molar-refractivity contribution in [1.29, 1.82) is 0 Å². The van der Waals surface area contributed by atoms with Crippen molar-refractivity contribution in [1.82, 2.24) is 0 Å². The number of methoxy groups -OCH3 is 2. The molecule has 2 atom stereocenters. The van der Waals surface area contributed by atoms with Crippen LogP contribution in [0.3, 0.4) is 0 Å². The number of amides is 2. The molecular formula is C20H21ClN2O4. The van der Waals surface area contributed by atoms with Gasteiger partial charge in [0.15, 0.2) is 0 Å². The zero-order valence-corrected chi connectivity index (χ0v) is 16.1. The first kappa shape index (κ1) is 19.0. The fourth-order valence-corrected chi connectivity index (χ4v) is 3.13. The average Bonchev–Trinajstić information content (AvgIpc) is 3.45. The summed E-state index contributed by atoms with van der Waals surface area (Å²) in [5.41, 5.74) is 2.19. The fraction of sp³-hybridized carbons (Fsp3) is 0.300. The second-order valence-corrected chi connectivity index (χ2v) is 6.84. The van der Waals surface area contributed by atoms with Gasteiger partial charge >= 0.3 is 0 Å². The molecule has 1 saturated carbocycles. The minimum absolute atomic E-state index is 0.148. The number of rotatable bonds is 6. The molecule has 1 aliphatic rings. The van der Waals surface area contributed by atoms with Gasteiger partial charge < -0.3 is 20.1 Å². The lowest BCUT2D eigenvalue weighted by molar-refractivity contribution is -0.122. The zero-order chi connectivity index (χ0) is 19.6. The number of benzene rings is 2. The first-order valence-corrected chi connectivity index (χ1v) is 8.91. The number of aryl methyl sites for hydroxylation is 1. The topological polar surface area (TPSA) is 76.7 Å². The molecule has 2 amide bonds. The van der Waals surface area contributed by atoms with Gasteiger partial charge in [0.25, 0.3) is 0 Å². The lowest BCUT2D eigenvalue weighted by Crippen LogP contribution is -2.21. The maximum absolute atomic E-state index is 12.5. The maximum atomic E-state index is 12.5. The fourth-order valence-electron chi connectivity index (χ4n) is 2.90. The number of anilines is 2. The highest BCUT2D eigenvalue weighted by Gasteiger charge is 2.48. The van der Waals surface area contributed by atoms with Crippen LogP contribution in [0.15, 0.2) is 36.4 Å². The van der Waals surface area contributed by atoms with E-state index in [0.717, 1.165) is 11.3 Å². The third kappa shape index (κ3) is 4.17. The molecule has 0 aliphatic heterocycles. The van der Waals surface area contributed by atoms with Crippen LogP contribution < -0.4 is 20.1 Å². The van der Waals surface area contributed by atoms with Crippen LogP contribution in [-0.4, -0.2) is 26.0 Å². The molecule has 142 valence electrons. The third-order valence-electron chi connectivity index (χ3n) is 4.60. The van der Waals surface area contributed by atoms with E-state index in [0.29, 0.717) is 28.6 Å². The van der Waals surface area contributed by atoms with E-state index < -0.39 is 0 Å². The summed E-state index contributed by atoms with van der Waals surface area (Å²) in [6.45, 7) is 1.92. The Labute approximate surface area is 162 Å². The van der Waals surface area contributed by atoms with Crippen LogP contribution >= 0.6 is 11.6 Å². The van der Waals surface area contributed by atoms with Gasteiger partial charge in [0.2, 0.25) is 11.8 Å². The minimum atomic E-state index is -0.375. The van der Waals surface area contributed by atoms with Crippen LogP contribution in [0, 0.1) is 18.8 Å². The Hall–Kier alpha value is -2.73. The van der Waals surface area contributed by atoms with Gasteiger partial charge in [0.1, 0.15) is 11.5 Å². The Morgan fingerprint density at radius 1 is 0.963 bits per heavy atom. The number of ether oxygens (including phenoxy) is 2. The van der Waals surface area contributed by atoms with Crippen LogP contribution in [0.1, 0.15) is 12.0 Å². The van der Waals surface area contributed by atoms with E-state index in [-0.39, 0.29) is 23.7 Å². The molecule has 0 bridgehead atoms. The lowest BCUT2D eigenvalue weighted by atomic mass is 10.2. The number of para-hydroxylation sites is 1. The SMILES string of the molecule is COc1cc(NC(=O)C2CC2C(=O)Nc2ccccc2C)c(OC)cc1Cl. The molecule has 0 radical (unpaired) electrons.